The number of carbonyl (C=O) groups excluding carboxylic acids is 2. The summed E-state index contributed by atoms with van der Waals surface area (Å²) >= 11 is 1.10. The second-order valence-electron chi connectivity index (χ2n) is 6.03. The Morgan fingerprint density at radius 1 is 1.17 bits per heavy atom. The first-order valence-corrected chi connectivity index (χ1v) is 9.27. The molecule has 0 saturated carbocycles. The van der Waals surface area contributed by atoms with Crippen molar-refractivity contribution < 1.29 is 18.7 Å². The summed E-state index contributed by atoms with van der Waals surface area (Å²) in [6.07, 6.45) is 1.26. The number of halogens is 1. The number of aromatic nitrogens is 3. The summed E-state index contributed by atoms with van der Waals surface area (Å²) in [5.41, 5.74) is 0.697. The maximum absolute atomic E-state index is 13.2. The first kappa shape index (κ1) is 18.7. The van der Waals surface area contributed by atoms with Crippen molar-refractivity contribution in [1.82, 2.24) is 14.5 Å². The first-order valence-electron chi connectivity index (χ1n) is 8.45. The number of carbonyl (C=O) groups is 2. The van der Waals surface area contributed by atoms with Crippen LogP contribution in [0.25, 0.3) is 21.1 Å². The minimum Gasteiger partial charge on any atom is -0.454 e. The van der Waals surface area contributed by atoms with Crippen molar-refractivity contribution in [2.45, 2.75) is 6.54 Å². The number of thiazole rings is 1. The third-order valence-electron chi connectivity index (χ3n) is 3.99. The number of anilines is 1. The summed E-state index contributed by atoms with van der Waals surface area (Å²) in [7, 11) is 0. The Labute approximate surface area is 166 Å². The number of benzene rings is 2. The van der Waals surface area contributed by atoms with Crippen LogP contribution in [-0.2, 0) is 20.9 Å². The predicted molar refractivity (Wildman–Crippen MR) is 105 cm³/mol. The van der Waals surface area contributed by atoms with Crippen LogP contribution in [-0.4, -0.2) is 33.0 Å². The zero-order valence-electron chi connectivity index (χ0n) is 14.8. The number of para-hydroxylation sites is 1. The van der Waals surface area contributed by atoms with Gasteiger partial charge in [-0.2, -0.15) is 0 Å². The first-order chi connectivity index (χ1) is 14.0. The minimum absolute atomic E-state index is 0.265. The number of amides is 1. The minimum atomic E-state index is -0.759. The highest BCUT2D eigenvalue weighted by Crippen LogP contribution is 2.26. The molecule has 1 amide bonds. The van der Waals surface area contributed by atoms with E-state index in [2.05, 4.69) is 15.3 Å². The molecule has 4 aromatic rings. The molecule has 0 spiro atoms. The summed E-state index contributed by atoms with van der Waals surface area (Å²) < 4.78 is 19.8. The van der Waals surface area contributed by atoms with Crippen LogP contribution in [0.2, 0.25) is 0 Å². The fourth-order valence-corrected chi connectivity index (χ4v) is 3.56. The molecule has 0 radical (unpaired) electrons. The Bertz CT molecular complexity index is 1300. The molecule has 4 rings (SSSR count). The van der Waals surface area contributed by atoms with E-state index in [9.17, 15) is 18.8 Å². The molecule has 2 aromatic heterocycles. The number of hydrogen-bond acceptors (Lipinski definition) is 7. The summed E-state index contributed by atoms with van der Waals surface area (Å²) in [6.45, 7) is -0.913. The van der Waals surface area contributed by atoms with E-state index in [1.807, 2.05) is 0 Å². The second-order valence-corrected chi connectivity index (χ2v) is 7.07. The molecule has 10 heteroatoms. The van der Waals surface area contributed by atoms with Gasteiger partial charge in [-0.1, -0.05) is 23.5 Å². The van der Waals surface area contributed by atoms with Crippen LogP contribution in [0.1, 0.15) is 0 Å². The molecule has 0 fully saturated rings. The van der Waals surface area contributed by atoms with E-state index in [1.165, 1.54) is 24.5 Å². The van der Waals surface area contributed by atoms with Crippen LogP contribution in [0.3, 0.4) is 0 Å². The zero-order valence-corrected chi connectivity index (χ0v) is 15.6. The third-order valence-corrected chi connectivity index (χ3v) is 4.93. The number of hydrogen-bond donors (Lipinski definition) is 1. The zero-order chi connectivity index (χ0) is 20.4. The molecule has 0 saturated heterocycles. The van der Waals surface area contributed by atoms with E-state index in [-0.39, 0.29) is 17.2 Å². The van der Waals surface area contributed by atoms with Crippen LogP contribution in [0.15, 0.2) is 53.6 Å². The van der Waals surface area contributed by atoms with Gasteiger partial charge in [-0.05, 0) is 30.3 Å². The van der Waals surface area contributed by atoms with Crippen molar-refractivity contribution >= 4 is 49.5 Å². The predicted octanol–water partition coefficient (Wildman–Crippen LogP) is 2.33. The van der Waals surface area contributed by atoms with E-state index >= 15 is 0 Å². The van der Waals surface area contributed by atoms with Gasteiger partial charge in [0.2, 0.25) is 0 Å². The van der Waals surface area contributed by atoms with E-state index in [4.69, 9.17) is 4.74 Å². The van der Waals surface area contributed by atoms with Gasteiger partial charge in [0.15, 0.2) is 11.7 Å². The molecule has 1 N–H and O–H groups in total. The Hall–Kier alpha value is -3.66. The number of nitrogens with one attached hydrogen (secondary N) is 1. The van der Waals surface area contributed by atoms with E-state index in [1.54, 1.807) is 24.3 Å². The molecular weight excluding hydrogens is 399 g/mol. The summed E-state index contributed by atoms with van der Waals surface area (Å²) in [5, 5.41) is 3.14. The Morgan fingerprint density at radius 2 is 2.00 bits per heavy atom. The molecule has 0 aliphatic heterocycles. The molecular formula is C19H13FN4O4S. The lowest BCUT2D eigenvalue weighted by Crippen LogP contribution is -2.28. The monoisotopic (exact) mass is 412 g/mol. The van der Waals surface area contributed by atoms with Gasteiger partial charge in [-0.25, -0.2) is 14.4 Å². The van der Waals surface area contributed by atoms with Crippen molar-refractivity contribution in [2.24, 2.45) is 0 Å². The number of rotatable bonds is 5. The molecule has 2 aromatic carbocycles. The standard InChI is InChI=1S/C19H13FN4O4S/c20-11-5-6-14-15(7-11)29-19(22-14)23-16(25)9-28-17(26)8-24-10-21-13-4-2-1-3-12(13)18(24)27/h1-7,10H,8-9H2,(H,22,23,25). The van der Waals surface area contributed by atoms with Gasteiger partial charge >= 0.3 is 5.97 Å². The topological polar surface area (TPSA) is 103 Å². The number of fused-ring (bicyclic) bond motifs is 2. The molecule has 0 unspecified atom stereocenters. The Kier molecular flexibility index (Phi) is 5.00. The third kappa shape index (κ3) is 4.11. The normalized spacial score (nSPS) is 10.9. The highest BCUT2D eigenvalue weighted by atomic mass is 32.1. The maximum Gasteiger partial charge on any atom is 0.326 e. The van der Waals surface area contributed by atoms with Gasteiger partial charge in [-0.3, -0.25) is 24.3 Å². The summed E-state index contributed by atoms with van der Waals surface area (Å²) in [4.78, 5) is 44.6. The van der Waals surface area contributed by atoms with Gasteiger partial charge < -0.3 is 4.74 Å². The fraction of sp³-hybridized carbons (Fsp3) is 0.105. The van der Waals surface area contributed by atoms with Crippen molar-refractivity contribution in [3.8, 4) is 0 Å². The molecule has 2 heterocycles. The Morgan fingerprint density at radius 3 is 2.86 bits per heavy atom. The van der Waals surface area contributed by atoms with Crippen LogP contribution in [0, 0.1) is 5.82 Å². The van der Waals surface area contributed by atoms with Crippen molar-refractivity contribution in [3.63, 3.8) is 0 Å². The largest absolute Gasteiger partial charge is 0.454 e. The van der Waals surface area contributed by atoms with Crippen molar-refractivity contribution in [1.29, 1.82) is 0 Å². The van der Waals surface area contributed by atoms with Gasteiger partial charge in [0.1, 0.15) is 12.4 Å². The van der Waals surface area contributed by atoms with Crippen LogP contribution in [0.4, 0.5) is 9.52 Å². The van der Waals surface area contributed by atoms with Gasteiger partial charge in [0.25, 0.3) is 11.5 Å². The summed E-state index contributed by atoms with van der Waals surface area (Å²) in [6, 6.07) is 10.9. The van der Waals surface area contributed by atoms with E-state index in [0.717, 1.165) is 15.9 Å². The molecule has 8 nitrogen and oxygen atoms in total. The lowest BCUT2D eigenvalue weighted by molar-refractivity contribution is -0.147. The maximum atomic E-state index is 13.2. The lowest BCUT2D eigenvalue weighted by atomic mass is 10.2. The quantitative estimate of drug-likeness (QED) is 0.505. The van der Waals surface area contributed by atoms with Crippen LogP contribution < -0.4 is 10.9 Å². The molecule has 146 valence electrons. The SMILES string of the molecule is O=C(COC(=O)Cn1cnc2ccccc2c1=O)Nc1nc2ccc(F)cc2s1. The highest BCUT2D eigenvalue weighted by molar-refractivity contribution is 7.22. The van der Waals surface area contributed by atoms with E-state index < -0.39 is 24.3 Å². The molecule has 29 heavy (non-hydrogen) atoms. The van der Waals surface area contributed by atoms with Crippen LogP contribution in [0.5, 0.6) is 0 Å². The average molecular weight is 412 g/mol. The average Bonchev–Trinajstić information content (AvgIpc) is 3.10. The number of ether oxygens (including phenoxy) is 1. The number of nitrogens with zero attached hydrogens (tertiary/aromatic N) is 3. The Balaban J connectivity index is 1.36. The second kappa shape index (κ2) is 7.76. The van der Waals surface area contributed by atoms with Gasteiger partial charge in [0.05, 0.1) is 27.4 Å². The molecule has 0 atom stereocenters. The highest BCUT2D eigenvalue weighted by Gasteiger charge is 2.13. The van der Waals surface area contributed by atoms with Crippen molar-refractivity contribution in [3.05, 3.63) is 65.0 Å². The molecule has 0 aliphatic carbocycles. The van der Waals surface area contributed by atoms with Crippen LogP contribution >= 0.6 is 11.3 Å². The lowest BCUT2D eigenvalue weighted by Gasteiger charge is -2.07. The van der Waals surface area contributed by atoms with Gasteiger partial charge in [0, 0.05) is 0 Å². The number of esters is 1. The fourth-order valence-electron chi connectivity index (χ4n) is 2.66. The van der Waals surface area contributed by atoms with Crippen molar-refractivity contribution in [2.75, 3.05) is 11.9 Å². The smallest absolute Gasteiger partial charge is 0.326 e. The van der Waals surface area contributed by atoms with E-state index in [0.29, 0.717) is 21.1 Å². The van der Waals surface area contributed by atoms with Gasteiger partial charge in [-0.15, -0.1) is 0 Å². The summed E-state index contributed by atoms with van der Waals surface area (Å²) in [5.74, 6) is -1.75. The molecule has 0 bridgehead atoms. The molecule has 0 aliphatic rings.